The molecule has 0 radical (unpaired) electrons. The molecule has 0 bridgehead atoms. The molecule has 0 amide bonds. The molecule has 0 aliphatic heterocycles. The molecular weight excluding hydrogens is 314 g/mol. The first-order valence-corrected chi connectivity index (χ1v) is 8.11. The minimum Gasteiger partial charge on any atom is -0.398 e. The number of rotatable bonds is 3. The normalized spacial score (nSPS) is 10.8. The topological polar surface area (TPSA) is 70.0 Å². The molecule has 0 fully saturated rings. The summed E-state index contributed by atoms with van der Waals surface area (Å²) in [5, 5.41) is 0. The molecule has 5 heteroatoms. The number of nitrogens with zero attached hydrogens (tertiary/aromatic N) is 2. The van der Waals surface area contributed by atoms with E-state index in [-0.39, 0.29) is 11.2 Å². The minimum absolute atomic E-state index is 0.334. The molecule has 25 heavy (non-hydrogen) atoms. The van der Waals surface area contributed by atoms with Crippen molar-refractivity contribution in [3.8, 4) is 5.69 Å². The van der Waals surface area contributed by atoms with Gasteiger partial charge in [-0.25, -0.2) is 9.36 Å². The van der Waals surface area contributed by atoms with E-state index < -0.39 is 0 Å². The second kappa shape index (κ2) is 6.43. The highest BCUT2D eigenvalue weighted by Crippen LogP contribution is 2.23. The molecule has 1 aromatic heterocycles. The molecule has 0 unspecified atom stereocenters. The highest BCUT2D eigenvalue weighted by Gasteiger charge is 2.13. The van der Waals surface area contributed by atoms with Gasteiger partial charge in [0.1, 0.15) is 0 Å². The predicted octanol–water partition coefficient (Wildman–Crippen LogP) is 2.33. The molecule has 1 heterocycles. The van der Waals surface area contributed by atoms with E-state index in [2.05, 4.69) is 0 Å². The monoisotopic (exact) mass is 335 g/mol. The van der Waals surface area contributed by atoms with Crippen LogP contribution < -0.4 is 17.0 Å². The van der Waals surface area contributed by atoms with Gasteiger partial charge in [0, 0.05) is 24.5 Å². The molecular formula is C20H21N3O2. The van der Waals surface area contributed by atoms with Crippen LogP contribution in [0.5, 0.6) is 0 Å². The number of hydrogen-bond donors (Lipinski definition) is 1. The van der Waals surface area contributed by atoms with Crippen LogP contribution in [-0.2, 0) is 13.5 Å². The van der Waals surface area contributed by atoms with E-state index in [9.17, 15) is 9.59 Å². The van der Waals surface area contributed by atoms with E-state index in [0.29, 0.717) is 23.5 Å². The summed E-state index contributed by atoms with van der Waals surface area (Å²) < 4.78 is 2.67. The lowest BCUT2D eigenvalue weighted by Crippen LogP contribution is -2.38. The van der Waals surface area contributed by atoms with Gasteiger partial charge in [-0.05, 0) is 49.1 Å². The average molecular weight is 335 g/mol. The quantitative estimate of drug-likeness (QED) is 0.747. The Morgan fingerprint density at radius 3 is 2.36 bits per heavy atom. The highest BCUT2D eigenvalue weighted by atomic mass is 16.2. The van der Waals surface area contributed by atoms with Gasteiger partial charge >= 0.3 is 5.69 Å². The third-order valence-electron chi connectivity index (χ3n) is 4.50. The van der Waals surface area contributed by atoms with Gasteiger partial charge in [-0.3, -0.25) is 4.79 Å². The zero-order valence-electron chi connectivity index (χ0n) is 14.6. The number of hydrogen-bond acceptors (Lipinski definition) is 3. The Morgan fingerprint density at radius 1 is 1.00 bits per heavy atom. The van der Waals surface area contributed by atoms with Crippen LogP contribution in [0.4, 0.5) is 5.69 Å². The van der Waals surface area contributed by atoms with Crippen molar-refractivity contribution in [2.45, 2.75) is 20.3 Å². The molecule has 0 spiro atoms. The largest absolute Gasteiger partial charge is 0.398 e. The maximum Gasteiger partial charge on any atom is 0.335 e. The number of aryl methyl sites for hydroxylation is 2. The first-order valence-electron chi connectivity index (χ1n) is 8.11. The fraction of sp³-hybridized carbons (Fsp3) is 0.200. The van der Waals surface area contributed by atoms with Crippen LogP contribution in [-0.4, -0.2) is 9.13 Å². The molecule has 3 rings (SSSR count). The fourth-order valence-electron chi connectivity index (χ4n) is 2.93. The fourth-order valence-corrected chi connectivity index (χ4v) is 2.93. The van der Waals surface area contributed by atoms with Crippen molar-refractivity contribution in [1.82, 2.24) is 9.13 Å². The van der Waals surface area contributed by atoms with Crippen LogP contribution in [0.25, 0.3) is 5.69 Å². The zero-order chi connectivity index (χ0) is 18.1. The minimum atomic E-state index is -0.358. The van der Waals surface area contributed by atoms with Gasteiger partial charge in [0.2, 0.25) is 0 Å². The van der Waals surface area contributed by atoms with Crippen molar-refractivity contribution >= 4 is 5.69 Å². The Balaban J connectivity index is 2.19. The summed E-state index contributed by atoms with van der Waals surface area (Å²) in [6.45, 7) is 3.59. The predicted molar refractivity (Wildman–Crippen MR) is 100 cm³/mol. The molecule has 2 aromatic carbocycles. The highest BCUT2D eigenvalue weighted by molar-refractivity contribution is 5.58. The molecule has 5 nitrogen and oxygen atoms in total. The van der Waals surface area contributed by atoms with Crippen LogP contribution in [0.2, 0.25) is 0 Å². The van der Waals surface area contributed by atoms with E-state index >= 15 is 0 Å². The maximum atomic E-state index is 12.6. The van der Waals surface area contributed by atoms with E-state index in [1.54, 1.807) is 14.0 Å². The maximum absolute atomic E-state index is 12.6. The number of anilines is 1. The van der Waals surface area contributed by atoms with Gasteiger partial charge < -0.3 is 10.3 Å². The Kier molecular flexibility index (Phi) is 4.31. The van der Waals surface area contributed by atoms with E-state index in [0.717, 1.165) is 16.7 Å². The van der Waals surface area contributed by atoms with E-state index in [1.807, 2.05) is 49.4 Å². The molecule has 0 saturated heterocycles. The Labute approximate surface area is 146 Å². The third kappa shape index (κ3) is 3.13. The van der Waals surface area contributed by atoms with Crippen LogP contribution >= 0.6 is 0 Å². The van der Waals surface area contributed by atoms with Gasteiger partial charge in [-0.15, -0.1) is 0 Å². The van der Waals surface area contributed by atoms with E-state index in [1.165, 1.54) is 15.2 Å². The molecule has 0 aliphatic carbocycles. The molecule has 0 atom stereocenters. The smallest absolute Gasteiger partial charge is 0.335 e. The average Bonchev–Trinajstić information content (AvgIpc) is 2.57. The summed E-state index contributed by atoms with van der Waals surface area (Å²) in [4.78, 5) is 25.1. The van der Waals surface area contributed by atoms with Crippen molar-refractivity contribution < 1.29 is 0 Å². The summed E-state index contributed by atoms with van der Waals surface area (Å²) in [5.74, 6) is 0. The van der Waals surface area contributed by atoms with Crippen molar-refractivity contribution in [3.05, 3.63) is 91.8 Å². The third-order valence-corrected chi connectivity index (χ3v) is 4.50. The molecule has 128 valence electrons. The Morgan fingerprint density at radius 2 is 1.68 bits per heavy atom. The summed E-state index contributed by atoms with van der Waals surface area (Å²) in [5.41, 5.74) is 10.1. The first kappa shape index (κ1) is 16.8. The molecule has 2 N–H and O–H groups in total. The Hall–Kier alpha value is -3.08. The van der Waals surface area contributed by atoms with Gasteiger partial charge in [0.05, 0.1) is 5.69 Å². The first-order chi connectivity index (χ1) is 11.9. The van der Waals surface area contributed by atoms with Crippen LogP contribution in [0.1, 0.15) is 22.4 Å². The summed E-state index contributed by atoms with van der Waals surface area (Å²) in [6, 6.07) is 15.1. The van der Waals surface area contributed by atoms with Crippen molar-refractivity contribution in [2.24, 2.45) is 7.05 Å². The zero-order valence-corrected chi connectivity index (χ0v) is 14.6. The number of nitrogen functional groups attached to an aromatic ring is 1. The standard InChI is InChI=1S/C20H21N3O2/c1-13-9-17(21)16(11-15-7-5-4-6-8-15)12-18(13)23-19(24)10-14(2)22(3)20(23)25/h4-10,12H,11,21H2,1-3H3. The molecule has 0 aliphatic rings. The van der Waals surface area contributed by atoms with Gasteiger partial charge in [0.15, 0.2) is 0 Å². The van der Waals surface area contributed by atoms with Crippen molar-refractivity contribution in [2.75, 3.05) is 5.73 Å². The number of nitrogens with two attached hydrogens (primary N) is 1. The van der Waals surface area contributed by atoms with Gasteiger partial charge in [0.25, 0.3) is 5.56 Å². The second-order valence-corrected chi connectivity index (χ2v) is 6.30. The van der Waals surface area contributed by atoms with Crippen molar-refractivity contribution in [1.29, 1.82) is 0 Å². The molecule has 0 saturated carbocycles. The summed E-state index contributed by atoms with van der Waals surface area (Å²) in [7, 11) is 1.66. The lowest BCUT2D eigenvalue weighted by molar-refractivity contribution is 0.711. The van der Waals surface area contributed by atoms with Gasteiger partial charge in [-0.2, -0.15) is 0 Å². The number of aromatic nitrogens is 2. The van der Waals surface area contributed by atoms with E-state index in [4.69, 9.17) is 5.73 Å². The lowest BCUT2D eigenvalue weighted by Gasteiger charge is -2.15. The van der Waals surface area contributed by atoms with Crippen LogP contribution in [0.15, 0.2) is 58.1 Å². The summed E-state index contributed by atoms with van der Waals surface area (Å²) in [6.07, 6.45) is 0.640. The van der Waals surface area contributed by atoms with Crippen molar-refractivity contribution in [3.63, 3.8) is 0 Å². The van der Waals surface area contributed by atoms with Crippen LogP contribution in [0, 0.1) is 13.8 Å². The SMILES string of the molecule is Cc1cc(N)c(Cc2ccccc2)cc1-n1c(=O)cc(C)n(C)c1=O. The summed E-state index contributed by atoms with van der Waals surface area (Å²) >= 11 is 0. The second-order valence-electron chi connectivity index (χ2n) is 6.30. The van der Waals surface area contributed by atoms with Crippen LogP contribution in [0.3, 0.4) is 0 Å². The van der Waals surface area contributed by atoms with Gasteiger partial charge in [-0.1, -0.05) is 30.3 Å². The Bertz CT molecular complexity index is 1050. The number of benzene rings is 2. The molecule has 3 aromatic rings. The lowest BCUT2D eigenvalue weighted by atomic mass is 10.0.